The van der Waals surface area contributed by atoms with Crippen LogP contribution in [0.25, 0.3) is 0 Å². The molecule has 2 rings (SSSR count). The zero-order valence-corrected chi connectivity index (χ0v) is 10.9. The van der Waals surface area contributed by atoms with E-state index in [1.54, 1.807) is 0 Å². The lowest BCUT2D eigenvalue weighted by molar-refractivity contribution is 0.0759. The highest BCUT2D eigenvalue weighted by atomic mass is 79.9. The molecule has 0 aromatic heterocycles. The Morgan fingerprint density at radius 2 is 2.24 bits per heavy atom. The highest BCUT2D eigenvalue weighted by Crippen LogP contribution is 2.27. The summed E-state index contributed by atoms with van der Waals surface area (Å²) >= 11 is 3.20. The van der Waals surface area contributed by atoms with E-state index in [2.05, 4.69) is 15.9 Å². The summed E-state index contributed by atoms with van der Waals surface area (Å²) in [5, 5.41) is 0. The second-order valence-electron chi connectivity index (χ2n) is 4.51. The lowest BCUT2D eigenvalue weighted by Gasteiger charge is -2.18. The zero-order chi connectivity index (χ0) is 12.6. The Morgan fingerprint density at radius 3 is 2.82 bits per heavy atom. The molecule has 2 nitrogen and oxygen atoms in total. The number of carbonyl (C=O) groups excluding carboxylic acids is 1. The standard InChI is InChI=1S/C12H12BrF2NO/c1-12(15)4-5-16(7-12)11(17)9-6-8(14)2-3-10(9)13/h2-3,6H,4-5,7H2,1H3/t12-/m0/s1. The summed E-state index contributed by atoms with van der Waals surface area (Å²) in [4.78, 5) is 13.5. The molecule has 92 valence electrons. The van der Waals surface area contributed by atoms with Gasteiger partial charge in [-0.25, -0.2) is 8.78 Å². The zero-order valence-electron chi connectivity index (χ0n) is 9.34. The fraction of sp³-hybridized carbons (Fsp3) is 0.417. The summed E-state index contributed by atoms with van der Waals surface area (Å²) in [7, 11) is 0. The van der Waals surface area contributed by atoms with Crippen molar-refractivity contribution in [3.63, 3.8) is 0 Å². The molecule has 1 aliphatic heterocycles. The molecule has 0 unspecified atom stereocenters. The maximum absolute atomic E-state index is 13.6. The monoisotopic (exact) mass is 303 g/mol. The Morgan fingerprint density at radius 1 is 1.53 bits per heavy atom. The van der Waals surface area contributed by atoms with E-state index in [0.717, 1.165) is 0 Å². The first-order valence-electron chi connectivity index (χ1n) is 5.32. The van der Waals surface area contributed by atoms with Crippen molar-refractivity contribution < 1.29 is 13.6 Å². The van der Waals surface area contributed by atoms with Gasteiger partial charge in [-0.2, -0.15) is 0 Å². The quantitative estimate of drug-likeness (QED) is 0.780. The SMILES string of the molecule is C[C@]1(F)CCN(C(=O)c2cc(F)ccc2Br)C1. The van der Waals surface area contributed by atoms with Crippen molar-refractivity contribution in [2.45, 2.75) is 19.0 Å². The van der Waals surface area contributed by atoms with E-state index < -0.39 is 11.5 Å². The fourth-order valence-electron chi connectivity index (χ4n) is 1.93. The highest BCUT2D eigenvalue weighted by molar-refractivity contribution is 9.10. The maximum atomic E-state index is 13.6. The van der Waals surface area contributed by atoms with Gasteiger partial charge in [0.15, 0.2) is 0 Å². The van der Waals surface area contributed by atoms with E-state index in [9.17, 15) is 13.6 Å². The molecular formula is C12H12BrF2NO. The highest BCUT2D eigenvalue weighted by Gasteiger charge is 2.36. The first-order chi connectivity index (χ1) is 7.89. The molecule has 1 aliphatic rings. The lowest BCUT2D eigenvalue weighted by Crippen LogP contribution is -2.32. The van der Waals surface area contributed by atoms with Crippen LogP contribution in [0.3, 0.4) is 0 Å². The topological polar surface area (TPSA) is 20.3 Å². The van der Waals surface area contributed by atoms with Crippen LogP contribution in [0.4, 0.5) is 8.78 Å². The average Bonchev–Trinajstić information content (AvgIpc) is 2.61. The van der Waals surface area contributed by atoms with Gasteiger partial charge < -0.3 is 4.90 Å². The molecule has 0 bridgehead atoms. The van der Waals surface area contributed by atoms with Crippen LogP contribution < -0.4 is 0 Å². The molecule has 5 heteroatoms. The molecule has 1 aromatic carbocycles. The third-order valence-electron chi connectivity index (χ3n) is 2.87. The minimum Gasteiger partial charge on any atom is -0.335 e. The third kappa shape index (κ3) is 2.65. The number of carbonyl (C=O) groups is 1. The van der Waals surface area contributed by atoms with E-state index >= 15 is 0 Å². The average molecular weight is 304 g/mol. The van der Waals surface area contributed by atoms with Gasteiger partial charge in [0.1, 0.15) is 11.5 Å². The molecular weight excluding hydrogens is 292 g/mol. The summed E-state index contributed by atoms with van der Waals surface area (Å²) < 4.78 is 27.2. The van der Waals surface area contributed by atoms with Crippen LogP contribution in [0.5, 0.6) is 0 Å². The van der Waals surface area contributed by atoms with Crippen LogP contribution in [0.2, 0.25) is 0 Å². The van der Waals surface area contributed by atoms with Gasteiger partial charge in [-0.05, 0) is 41.1 Å². The number of amides is 1. The molecule has 0 aliphatic carbocycles. The first kappa shape index (κ1) is 12.5. The molecule has 1 saturated heterocycles. The largest absolute Gasteiger partial charge is 0.335 e. The van der Waals surface area contributed by atoms with Crippen LogP contribution >= 0.6 is 15.9 Å². The number of hydrogen-bond donors (Lipinski definition) is 0. The number of benzene rings is 1. The van der Waals surface area contributed by atoms with Crippen molar-refractivity contribution in [3.05, 3.63) is 34.1 Å². The third-order valence-corrected chi connectivity index (χ3v) is 3.56. The smallest absolute Gasteiger partial charge is 0.255 e. The van der Waals surface area contributed by atoms with Gasteiger partial charge in [-0.15, -0.1) is 0 Å². The number of rotatable bonds is 1. The molecule has 1 amide bonds. The van der Waals surface area contributed by atoms with Crippen molar-refractivity contribution in [2.75, 3.05) is 13.1 Å². The summed E-state index contributed by atoms with van der Waals surface area (Å²) in [5.41, 5.74) is -1.10. The molecule has 1 heterocycles. The maximum Gasteiger partial charge on any atom is 0.255 e. The Labute approximate surface area is 107 Å². The van der Waals surface area contributed by atoms with E-state index in [4.69, 9.17) is 0 Å². The summed E-state index contributed by atoms with van der Waals surface area (Å²) in [6, 6.07) is 3.91. The minimum atomic E-state index is -1.34. The number of alkyl halides is 1. The van der Waals surface area contributed by atoms with E-state index in [1.807, 2.05) is 0 Å². The minimum absolute atomic E-state index is 0.0643. The number of nitrogens with zero attached hydrogens (tertiary/aromatic N) is 1. The first-order valence-corrected chi connectivity index (χ1v) is 6.12. The Kier molecular flexibility index (Phi) is 3.21. The Hall–Kier alpha value is -0.970. The summed E-state index contributed by atoms with van der Waals surface area (Å²) in [6.07, 6.45) is 0.325. The van der Waals surface area contributed by atoms with Crippen LogP contribution in [0, 0.1) is 5.82 Å². The van der Waals surface area contributed by atoms with E-state index in [-0.39, 0.29) is 18.0 Å². The second-order valence-corrected chi connectivity index (χ2v) is 5.37. The van der Waals surface area contributed by atoms with Gasteiger partial charge in [-0.3, -0.25) is 4.79 Å². The second kappa shape index (κ2) is 4.37. The van der Waals surface area contributed by atoms with Crippen LogP contribution in [-0.4, -0.2) is 29.6 Å². The predicted molar refractivity (Wildman–Crippen MR) is 64.1 cm³/mol. The molecule has 0 radical (unpaired) electrons. The van der Waals surface area contributed by atoms with Crippen LogP contribution in [0.15, 0.2) is 22.7 Å². The van der Waals surface area contributed by atoms with Crippen molar-refractivity contribution in [1.29, 1.82) is 0 Å². The van der Waals surface area contributed by atoms with Crippen molar-refractivity contribution in [1.82, 2.24) is 4.90 Å². The van der Waals surface area contributed by atoms with Gasteiger partial charge in [0.25, 0.3) is 5.91 Å². The van der Waals surface area contributed by atoms with Crippen molar-refractivity contribution in [3.8, 4) is 0 Å². The van der Waals surface area contributed by atoms with Gasteiger partial charge in [-0.1, -0.05) is 0 Å². The van der Waals surface area contributed by atoms with Gasteiger partial charge >= 0.3 is 0 Å². The molecule has 0 N–H and O–H groups in total. The molecule has 0 spiro atoms. The Bertz CT molecular complexity index is 462. The number of likely N-dealkylation sites (tertiary alicyclic amines) is 1. The van der Waals surface area contributed by atoms with Gasteiger partial charge in [0.05, 0.1) is 12.1 Å². The van der Waals surface area contributed by atoms with Crippen LogP contribution in [-0.2, 0) is 0 Å². The molecule has 1 atom stereocenters. The van der Waals surface area contributed by atoms with Crippen LogP contribution in [0.1, 0.15) is 23.7 Å². The predicted octanol–water partition coefficient (Wildman–Crippen LogP) is 3.16. The van der Waals surface area contributed by atoms with Crippen molar-refractivity contribution in [2.24, 2.45) is 0 Å². The lowest BCUT2D eigenvalue weighted by atomic mass is 10.1. The number of halogens is 3. The van der Waals surface area contributed by atoms with Gasteiger partial charge in [0, 0.05) is 17.4 Å². The van der Waals surface area contributed by atoms with E-state index in [1.165, 1.54) is 30.0 Å². The normalized spacial score (nSPS) is 24.1. The summed E-state index contributed by atoms with van der Waals surface area (Å²) in [6.45, 7) is 1.91. The van der Waals surface area contributed by atoms with Crippen molar-refractivity contribution >= 4 is 21.8 Å². The van der Waals surface area contributed by atoms with Gasteiger partial charge in [0.2, 0.25) is 0 Å². The molecule has 0 saturated carbocycles. The van der Waals surface area contributed by atoms with E-state index in [0.29, 0.717) is 17.4 Å². The number of hydrogen-bond acceptors (Lipinski definition) is 1. The fourth-order valence-corrected chi connectivity index (χ4v) is 2.35. The Balaban J connectivity index is 2.23. The summed E-state index contributed by atoms with van der Waals surface area (Å²) in [5.74, 6) is -0.809. The molecule has 17 heavy (non-hydrogen) atoms. The molecule has 1 aromatic rings. The molecule has 1 fully saturated rings.